The Balaban J connectivity index is 3.48. The number of thiol groups is 1. The van der Waals surface area contributed by atoms with Crippen LogP contribution in [-0.2, 0) is 0 Å². The van der Waals surface area contributed by atoms with Gasteiger partial charge < -0.3 is 9.80 Å². The molecule has 0 fully saturated rings. The average molecular weight is 190 g/mol. The van der Waals surface area contributed by atoms with Crippen molar-refractivity contribution in [2.45, 2.75) is 13.3 Å². The Morgan fingerprint density at radius 2 is 1.67 bits per heavy atom. The van der Waals surface area contributed by atoms with E-state index in [1.807, 2.05) is 0 Å². The molecular formula is C9H22N2S. The lowest BCUT2D eigenvalue weighted by atomic mass is 10.4. The number of nitrogens with zero attached hydrogens (tertiary/aromatic N) is 2. The Kier molecular flexibility index (Phi) is 8.07. The predicted molar refractivity (Wildman–Crippen MR) is 59.1 cm³/mol. The van der Waals surface area contributed by atoms with Crippen LogP contribution in [0.15, 0.2) is 0 Å². The zero-order valence-electron chi connectivity index (χ0n) is 8.58. The summed E-state index contributed by atoms with van der Waals surface area (Å²) >= 11 is 4.24. The summed E-state index contributed by atoms with van der Waals surface area (Å²) in [6.45, 7) is 6.86. The monoisotopic (exact) mass is 190 g/mol. The molecule has 0 saturated carbocycles. The lowest BCUT2D eigenvalue weighted by Crippen LogP contribution is -2.33. The average Bonchev–Trinajstić information content (AvgIpc) is 2.01. The molecule has 3 heteroatoms. The van der Waals surface area contributed by atoms with Gasteiger partial charge in [0.15, 0.2) is 0 Å². The molecule has 0 aliphatic rings. The molecule has 0 heterocycles. The molecule has 0 aromatic heterocycles. The van der Waals surface area contributed by atoms with Crippen LogP contribution in [0, 0.1) is 0 Å². The molecule has 0 N–H and O–H groups in total. The lowest BCUT2D eigenvalue weighted by molar-refractivity contribution is 0.253. The van der Waals surface area contributed by atoms with Gasteiger partial charge in [0.05, 0.1) is 0 Å². The van der Waals surface area contributed by atoms with Crippen molar-refractivity contribution in [1.82, 2.24) is 9.80 Å². The van der Waals surface area contributed by atoms with E-state index < -0.39 is 0 Å². The Bertz CT molecular complexity index is 90.5. The summed E-state index contributed by atoms with van der Waals surface area (Å²) in [5.41, 5.74) is 0. The van der Waals surface area contributed by atoms with Gasteiger partial charge in [-0.3, -0.25) is 0 Å². The molecule has 0 atom stereocenters. The zero-order valence-corrected chi connectivity index (χ0v) is 9.48. The number of hydrogen-bond acceptors (Lipinski definition) is 3. The highest BCUT2D eigenvalue weighted by atomic mass is 32.1. The van der Waals surface area contributed by atoms with Gasteiger partial charge in [-0.15, -0.1) is 0 Å². The lowest BCUT2D eigenvalue weighted by Gasteiger charge is -2.22. The van der Waals surface area contributed by atoms with Gasteiger partial charge in [0.2, 0.25) is 0 Å². The Morgan fingerprint density at radius 1 is 1.00 bits per heavy atom. The van der Waals surface area contributed by atoms with E-state index in [-0.39, 0.29) is 0 Å². The van der Waals surface area contributed by atoms with Gasteiger partial charge in [-0.1, -0.05) is 6.92 Å². The minimum atomic E-state index is 0.966. The Morgan fingerprint density at radius 3 is 2.08 bits per heavy atom. The first-order chi connectivity index (χ1) is 5.70. The first kappa shape index (κ1) is 12.3. The maximum atomic E-state index is 4.24. The van der Waals surface area contributed by atoms with Crippen LogP contribution in [0.25, 0.3) is 0 Å². The second-order valence-electron chi connectivity index (χ2n) is 3.37. The molecular weight excluding hydrogens is 168 g/mol. The summed E-state index contributed by atoms with van der Waals surface area (Å²) in [6.07, 6.45) is 1.24. The highest BCUT2D eigenvalue weighted by molar-refractivity contribution is 7.80. The van der Waals surface area contributed by atoms with Crippen LogP contribution in [0.1, 0.15) is 13.3 Å². The second kappa shape index (κ2) is 7.90. The maximum Gasteiger partial charge on any atom is 0.0109 e. The topological polar surface area (TPSA) is 6.48 Å². The summed E-state index contributed by atoms with van der Waals surface area (Å²) in [5, 5.41) is 0. The van der Waals surface area contributed by atoms with Gasteiger partial charge in [0.25, 0.3) is 0 Å². The van der Waals surface area contributed by atoms with Crippen molar-refractivity contribution in [1.29, 1.82) is 0 Å². The summed E-state index contributed by atoms with van der Waals surface area (Å²) in [7, 11) is 4.23. The van der Waals surface area contributed by atoms with Crippen LogP contribution in [-0.4, -0.2) is 55.8 Å². The minimum absolute atomic E-state index is 0.966. The molecule has 0 unspecified atom stereocenters. The molecule has 0 aromatic rings. The van der Waals surface area contributed by atoms with E-state index in [0.29, 0.717) is 0 Å². The summed E-state index contributed by atoms with van der Waals surface area (Å²) in [4.78, 5) is 4.69. The smallest absolute Gasteiger partial charge is 0.0109 e. The summed E-state index contributed by atoms with van der Waals surface area (Å²) in [6, 6.07) is 0. The number of hydrogen-bond donors (Lipinski definition) is 1. The molecule has 0 bridgehead atoms. The SMILES string of the molecule is CCCN(CCS)CCN(C)C. The summed E-state index contributed by atoms with van der Waals surface area (Å²) in [5.74, 6) is 0.966. The van der Waals surface area contributed by atoms with Gasteiger partial charge in [-0.25, -0.2) is 0 Å². The van der Waals surface area contributed by atoms with Crippen molar-refractivity contribution < 1.29 is 0 Å². The van der Waals surface area contributed by atoms with Crippen molar-refractivity contribution in [3.05, 3.63) is 0 Å². The number of likely N-dealkylation sites (N-methyl/N-ethyl adjacent to an activating group) is 1. The first-order valence-electron chi connectivity index (χ1n) is 4.68. The van der Waals surface area contributed by atoms with Crippen LogP contribution < -0.4 is 0 Å². The van der Waals surface area contributed by atoms with Crippen LogP contribution >= 0.6 is 12.6 Å². The quantitative estimate of drug-likeness (QED) is 0.603. The molecule has 12 heavy (non-hydrogen) atoms. The molecule has 0 radical (unpaired) electrons. The molecule has 0 amide bonds. The van der Waals surface area contributed by atoms with Crippen LogP contribution in [0.3, 0.4) is 0 Å². The van der Waals surface area contributed by atoms with E-state index in [9.17, 15) is 0 Å². The molecule has 0 rings (SSSR count). The third-order valence-corrected chi connectivity index (χ3v) is 2.02. The third kappa shape index (κ3) is 6.95. The first-order valence-corrected chi connectivity index (χ1v) is 5.32. The Hall–Kier alpha value is 0.270. The Labute approximate surface area is 82.3 Å². The molecule has 0 aliphatic heterocycles. The van der Waals surface area contributed by atoms with E-state index in [2.05, 4.69) is 43.4 Å². The highest BCUT2D eigenvalue weighted by Crippen LogP contribution is 1.92. The normalized spacial score (nSPS) is 11.5. The van der Waals surface area contributed by atoms with Crippen molar-refractivity contribution >= 4 is 12.6 Å². The molecule has 0 aromatic carbocycles. The van der Waals surface area contributed by atoms with E-state index in [1.54, 1.807) is 0 Å². The fourth-order valence-corrected chi connectivity index (χ4v) is 1.42. The van der Waals surface area contributed by atoms with E-state index >= 15 is 0 Å². The highest BCUT2D eigenvalue weighted by Gasteiger charge is 2.01. The van der Waals surface area contributed by atoms with Gasteiger partial charge in [-0.05, 0) is 27.1 Å². The molecule has 0 saturated heterocycles. The van der Waals surface area contributed by atoms with Crippen LogP contribution in [0.5, 0.6) is 0 Å². The van der Waals surface area contributed by atoms with Crippen LogP contribution in [0.4, 0.5) is 0 Å². The molecule has 0 aliphatic carbocycles. The molecule has 0 spiro atoms. The van der Waals surface area contributed by atoms with Crippen molar-refractivity contribution in [2.24, 2.45) is 0 Å². The second-order valence-corrected chi connectivity index (χ2v) is 3.82. The van der Waals surface area contributed by atoms with Crippen molar-refractivity contribution in [3.63, 3.8) is 0 Å². The van der Waals surface area contributed by atoms with Gasteiger partial charge in [0, 0.05) is 25.4 Å². The standard InChI is InChI=1S/C9H22N2S/c1-4-5-11(8-9-12)7-6-10(2)3/h12H,4-9H2,1-3H3. The maximum absolute atomic E-state index is 4.24. The van der Waals surface area contributed by atoms with Gasteiger partial charge >= 0.3 is 0 Å². The fraction of sp³-hybridized carbons (Fsp3) is 1.00. The molecule has 74 valence electrons. The fourth-order valence-electron chi connectivity index (χ4n) is 1.13. The van der Waals surface area contributed by atoms with E-state index in [0.717, 1.165) is 18.8 Å². The summed E-state index contributed by atoms with van der Waals surface area (Å²) < 4.78 is 0. The number of rotatable bonds is 7. The van der Waals surface area contributed by atoms with Gasteiger partial charge in [-0.2, -0.15) is 12.6 Å². The third-order valence-electron chi connectivity index (χ3n) is 1.82. The zero-order chi connectivity index (χ0) is 9.40. The minimum Gasteiger partial charge on any atom is -0.308 e. The largest absolute Gasteiger partial charge is 0.308 e. The van der Waals surface area contributed by atoms with E-state index in [4.69, 9.17) is 0 Å². The molecule has 2 nitrogen and oxygen atoms in total. The van der Waals surface area contributed by atoms with E-state index in [1.165, 1.54) is 19.5 Å². The predicted octanol–water partition coefficient (Wildman–Crippen LogP) is 1.19. The van der Waals surface area contributed by atoms with Gasteiger partial charge in [0.1, 0.15) is 0 Å². The van der Waals surface area contributed by atoms with Crippen molar-refractivity contribution in [2.75, 3.05) is 46.0 Å². The van der Waals surface area contributed by atoms with Crippen LogP contribution in [0.2, 0.25) is 0 Å². The van der Waals surface area contributed by atoms with Crippen molar-refractivity contribution in [3.8, 4) is 0 Å².